The van der Waals surface area contributed by atoms with Gasteiger partial charge in [0, 0.05) is 43.0 Å². The van der Waals surface area contributed by atoms with Gasteiger partial charge in [-0.25, -0.2) is 9.18 Å². The molecule has 0 bridgehead atoms. The van der Waals surface area contributed by atoms with Gasteiger partial charge in [0.05, 0.1) is 12.1 Å². The molecule has 2 aliphatic heterocycles. The average molecular weight is 539 g/mol. The van der Waals surface area contributed by atoms with Gasteiger partial charge in [-0.2, -0.15) is 5.26 Å². The molecule has 2 heterocycles. The second-order valence-electron chi connectivity index (χ2n) is 10.2. The van der Waals surface area contributed by atoms with Gasteiger partial charge >= 0.3 is 6.09 Å². The summed E-state index contributed by atoms with van der Waals surface area (Å²) in [5.74, 6) is -1.42. The van der Waals surface area contributed by atoms with Crippen molar-refractivity contribution in [3.8, 4) is 11.8 Å². The number of benzene rings is 2. The van der Waals surface area contributed by atoms with Crippen LogP contribution in [0, 0.1) is 28.5 Å². The Hall–Kier alpha value is -3.64. The van der Waals surface area contributed by atoms with Gasteiger partial charge in [-0.15, -0.1) is 0 Å². The Morgan fingerprint density at radius 2 is 1.71 bits per heavy atom. The van der Waals surface area contributed by atoms with Crippen molar-refractivity contribution in [2.45, 2.75) is 37.6 Å². The summed E-state index contributed by atoms with van der Waals surface area (Å²) >= 11 is 6.06. The van der Waals surface area contributed by atoms with Crippen LogP contribution in [0.1, 0.15) is 37.2 Å². The Balaban J connectivity index is 1.25. The van der Waals surface area contributed by atoms with E-state index in [9.17, 15) is 24.0 Å². The molecule has 1 saturated carbocycles. The maximum absolute atomic E-state index is 14.0. The predicted molar refractivity (Wildman–Crippen MR) is 137 cm³/mol. The van der Waals surface area contributed by atoms with Crippen LogP contribution in [0.5, 0.6) is 5.75 Å². The van der Waals surface area contributed by atoms with Gasteiger partial charge in [0.2, 0.25) is 11.8 Å². The third-order valence-corrected chi connectivity index (χ3v) is 8.03. The summed E-state index contributed by atoms with van der Waals surface area (Å²) in [6.45, 7) is 1.56. The van der Waals surface area contributed by atoms with E-state index in [2.05, 4.69) is 11.4 Å². The lowest BCUT2D eigenvalue weighted by Crippen LogP contribution is -2.46. The largest absolute Gasteiger partial charge is 0.413 e. The maximum Gasteiger partial charge on any atom is 0.413 e. The zero-order chi connectivity index (χ0) is 26.9. The summed E-state index contributed by atoms with van der Waals surface area (Å²) in [5, 5.41) is 12.7. The quantitative estimate of drug-likeness (QED) is 0.617. The highest BCUT2D eigenvalue weighted by Crippen LogP contribution is 2.47. The Morgan fingerprint density at radius 1 is 1.03 bits per heavy atom. The molecule has 38 heavy (non-hydrogen) atoms. The van der Waals surface area contributed by atoms with Gasteiger partial charge in [0.25, 0.3) is 0 Å². The van der Waals surface area contributed by atoms with E-state index in [-0.39, 0.29) is 35.9 Å². The topological polar surface area (TPSA) is 103 Å². The molecule has 2 aromatic carbocycles. The first-order valence-corrected chi connectivity index (χ1v) is 13.2. The lowest BCUT2D eigenvalue weighted by molar-refractivity contribution is -0.141. The van der Waals surface area contributed by atoms with Crippen LogP contribution in [-0.4, -0.2) is 59.9 Å². The first kappa shape index (κ1) is 26.0. The molecule has 0 unspecified atom stereocenters. The number of halogens is 2. The van der Waals surface area contributed by atoms with Crippen molar-refractivity contribution in [1.82, 2.24) is 15.1 Å². The number of amides is 3. The number of piperidine rings is 1. The van der Waals surface area contributed by atoms with E-state index in [4.69, 9.17) is 16.3 Å². The number of ether oxygens (including phenoxy) is 1. The zero-order valence-corrected chi connectivity index (χ0v) is 21.5. The number of carbonyl (C=O) groups is 3. The van der Waals surface area contributed by atoms with Crippen molar-refractivity contribution < 1.29 is 23.5 Å². The summed E-state index contributed by atoms with van der Waals surface area (Å²) in [5.41, 5.74) is 0.0564. The molecular formula is C28H28ClFN4O4. The molecule has 2 aromatic rings. The molecule has 2 saturated heterocycles. The van der Waals surface area contributed by atoms with E-state index in [0.717, 1.165) is 5.56 Å². The van der Waals surface area contributed by atoms with E-state index in [1.54, 1.807) is 28.0 Å². The number of likely N-dealkylation sites (tertiary alicyclic amines) is 2. The Labute approximate surface area is 225 Å². The molecule has 1 aliphatic carbocycles. The van der Waals surface area contributed by atoms with Crippen LogP contribution in [0.4, 0.5) is 9.18 Å². The minimum absolute atomic E-state index is 0.0238. The fourth-order valence-electron chi connectivity index (χ4n) is 5.37. The number of para-hydroxylation sites is 1. The normalized spacial score (nSPS) is 22.4. The lowest BCUT2D eigenvalue weighted by atomic mass is 9.93. The van der Waals surface area contributed by atoms with Crippen LogP contribution < -0.4 is 10.1 Å². The van der Waals surface area contributed by atoms with E-state index in [1.165, 1.54) is 18.2 Å². The standard InChI is InChI=1S/C28H28ClFN4O4/c29-20-7-5-18(6-8-20)21-15-34(16-23(21)32-27(37)38-24-4-2-1-3-22(24)30)25(35)19-9-13-33(14-10-19)26(36)28(17-31)11-12-28/h1-8,19,21,23H,9-16H2,(H,32,37)/t21-,23+/m0/s1. The highest BCUT2D eigenvalue weighted by Gasteiger charge is 2.53. The van der Waals surface area contributed by atoms with Crippen molar-refractivity contribution in [1.29, 1.82) is 5.26 Å². The fraction of sp³-hybridized carbons (Fsp3) is 0.429. The number of nitriles is 1. The summed E-state index contributed by atoms with van der Waals surface area (Å²) in [6, 6.07) is 14.6. The van der Waals surface area contributed by atoms with Crippen LogP contribution in [0.25, 0.3) is 0 Å². The van der Waals surface area contributed by atoms with Gasteiger partial charge in [0.15, 0.2) is 11.6 Å². The zero-order valence-electron chi connectivity index (χ0n) is 20.7. The molecule has 0 aromatic heterocycles. The van der Waals surface area contributed by atoms with Crippen molar-refractivity contribution in [3.63, 3.8) is 0 Å². The molecule has 5 rings (SSSR count). The number of nitrogens with one attached hydrogen (secondary N) is 1. The second-order valence-corrected chi connectivity index (χ2v) is 10.7. The molecule has 2 atom stereocenters. The highest BCUT2D eigenvalue weighted by atomic mass is 35.5. The SMILES string of the molecule is N#CC1(C(=O)N2CCC(C(=O)N3C[C@@H](NC(=O)Oc4ccccc4F)[C@H](c4ccc(Cl)cc4)C3)CC2)CC1. The number of nitrogens with zero attached hydrogens (tertiary/aromatic N) is 3. The minimum atomic E-state index is -0.853. The lowest BCUT2D eigenvalue weighted by Gasteiger charge is -2.34. The Bertz CT molecular complexity index is 1270. The molecule has 10 heteroatoms. The highest BCUT2D eigenvalue weighted by molar-refractivity contribution is 6.30. The molecule has 0 radical (unpaired) electrons. The Morgan fingerprint density at radius 3 is 2.34 bits per heavy atom. The van der Waals surface area contributed by atoms with E-state index >= 15 is 0 Å². The molecule has 8 nitrogen and oxygen atoms in total. The summed E-state index contributed by atoms with van der Waals surface area (Å²) in [7, 11) is 0. The van der Waals surface area contributed by atoms with Crippen LogP contribution >= 0.6 is 11.6 Å². The van der Waals surface area contributed by atoms with Crippen LogP contribution in [0.2, 0.25) is 5.02 Å². The smallest absolute Gasteiger partial charge is 0.407 e. The molecule has 1 N–H and O–H groups in total. The van der Waals surface area contributed by atoms with Crippen molar-refractivity contribution in [2.24, 2.45) is 11.3 Å². The third-order valence-electron chi connectivity index (χ3n) is 7.78. The van der Waals surface area contributed by atoms with E-state index in [1.807, 2.05) is 12.1 Å². The first-order valence-electron chi connectivity index (χ1n) is 12.8. The molecule has 198 valence electrons. The number of hydrogen-bond acceptors (Lipinski definition) is 5. The van der Waals surface area contributed by atoms with Crippen molar-refractivity contribution >= 4 is 29.5 Å². The van der Waals surface area contributed by atoms with Gasteiger partial charge in [-0.1, -0.05) is 35.9 Å². The van der Waals surface area contributed by atoms with Crippen LogP contribution in [-0.2, 0) is 9.59 Å². The number of carbonyl (C=O) groups excluding carboxylic acids is 3. The fourth-order valence-corrected chi connectivity index (χ4v) is 5.50. The summed E-state index contributed by atoms with van der Waals surface area (Å²) in [6.07, 6.45) is 1.47. The minimum Gasteiger partial charge on any atom is -0.407 e. The van der Waals surface area contributed by atoms with E-state index in [0.29, 0.717) is 50.3 Å². The van der Waals surface area contributed by atoms with Gasteiger partial charge in [-0.3, -0.25) is 9.59 Å². The first-order chi connectivity index (χ1) is 18.3. The second kappa shape index (κ2) is 10.6. The molecular weight excluding hydrogens is 511 g/mol. The van der Waals surface area contributed by atoms with Crippen molar-refractivity contribution in [2.75, 3.05) is 26.2 Å². The van der Waals surface area contributed by atoms with Crippen LogP contribution in [0.15, 0.2) is 48.5 Å². The summed E-state index contributed by atoms with van der Waals surface area (Å²) in [4.78, 5) is 42.3. The predicted octanol–water partition coefficient (Wildman–Crippen LogP) is 4.10. The molecule has 3 aliphatic rings. The molecule has 3 amide bonds. The van der Waals surface area contributed by atoms with Gasteiger partial charge in [0.1, 0.15) is 5.41 Å². The third kappa shape index (κ3) is 5.32. The molecule has 3 fully saturated rings. The Kier molecular flexibility index (Phi) is 7.26. The van der Waals surface area contributed by atoms with Crippen molar-refractivity contribution in [3.05, 3.63) is 64.9 Å². The van der Waals surface area contributed by atoms with Gasteiger partial charge < -0.3 is 19.9 Å². The monoisotopic (exact) mass is 538 g/mol. The number of rotatable bonds is 5. The van der Waals surface area contributed by atoms with E-state index < -0.39 is 23.4 Å². The number of hydrogen-bond donors (Lipinski definition) is 1. The molecule has 0 spiro atoms. The maximum atomic E-state index is 14.0. The average Bonchev–Trinajstić information content (AvgIpc) is 3.63. The summed E-state index contributed by atoms with van der Waals surface area (Å²) < 4.78 is 19.2. The van der Waals surface area contributed by atoms with Gasteiger partial charge in [-0.05, 0) is 55.5 Å². The van der Waals surface area contributed by atoms with Crippen LogP contribution in [0.3, 0.4) is 0 Å².